The van der Waals surface area contributed by atoms with Crippen LogP contribution in [0, 0.1) is 0 Å². The molecular formula is C24H27NO6S. The molecular weight excluding hydrogens is 430 g/mol. The summed E-state index contributed by atoms with van der Waals surface area (Å²) >= 11 is 0. The molecule has 0 bridgehead atoms. The molecule has 2 atom stereocenters. The van der Waals surface area contributed by atoms with Crippen LogP contribution in [0.15, 0.2) is 54.6 Å². The van der Waals surface area contributed by atoms with Gasteiger partial charge in [0, 0.05) is 30.3 Å². The fourth-order valence-corrected chi connectivity index (χ4v) is 5.90. The molecule has 8 heteroatoms. The van der Waals surface area contributed by atoms with Crippen LogP contribution in [0.1, 0.15) is 35.2 Å². The van der Waals surface area contributed by atoms with Crippen molar-refractivity contribution in [2.45, 2.75) is 31.4 Å². The summed E-state index contributed by atoms with van der Waals surface area (Å²) in [7, 11) is -3.12. The van der Waals surface area contributed by atoms with Crippen LogP contribution >= 0.6 is 0 Å². The predicted octanol–water partition coefficient (Wildman–Crippen LogP) is 2.49. The first-order valence-corrected chi connectivity index (χ1v) is 12.7. The van der Waals surface area contributed by atoms with Crippen LogP contribution in [0.25, 0.3) is 0 Å². The number of hydrogen-bond donors (Lipinski definition) is 0. The molecule has 2 saturated heterocycles. The lowest BCUT2D eigenvalue weighted by Gasteiger charge is -2.30. The van der Waals surface area contributed by atoms with E-state index >= 15 is 0 Å². The molecule has 2 aliphatic heterocycles. The number of benzene rings is 2. The van der Waals surface area contributed by atoms with Crippen molar-refractivity contribution in [3.05, 3.63) is 65.7 Å². The Morgan fingerprint density at radius 2 is 1.72 bits per heavy atom. The molecule has 7 nitrogen and oxygen atoms in total. The highest BCUT2D eigenvalue weighted by Crippen LogP contribution is 2.22. The summed E-state index contributed by atoms with van der Waals surface area (Å²) in [6, 6.07) is 15.3. The van der Waals surface area contributed by atoms with Crippen LogP contribution in [0.3, 0.4) is 0 Å². The summed E-state index contributed by atoms with van der Waals surface area (Å²) in [4.78, 5) is 27.1. The minimum atomic E-state index is -3.12. The van der Waals surface area contributed by atoms with E-state index in [0.717, 1.165) is 12.8 Å². The minimum Gasteiger partial charge on any atom is -0.484 e. The van der Waals surface area contributed by atoms with Gasteiger partial charge in [-0.05, 0) is 43.5 Å². The molecule has 0 aromatic heterocycles. The molecule has 0 unspecified atom stereocenters. The van der Waals surface area contributed by atoms with E-state index in [4.69, 9.17) is 9.47 Å². The number of rotatable bonds is 8. The molecule has 2 heterocycles. The first-order chi connectivity index (χ1) is 15.4. The molecule has 2 aromatic rings. The van der Waals surface area contributed by atoms with Crippen LogP contribution in [-0.4, -0.2) is 68.4 Å². The molecule has 0 aliphatic carbocycles. The molecule has 2 aliphatic rings. The molecule has 32 heavy (non-hydrogen) atoms. The summed E-state index contributed by atoms with van der Waals surface area (Å²) in [5.74, 6) is 0.219. The van der Waals surface area contributed by atoms with Crippen molar-refractivity contribution in [3.8, 4) is 5.75 Å². The standard InChI is InChI=1S/C24H27NO6S/c26-23(25(15-22-7-4-13-30-22)20-12-14-32(28,29)17-20)16-31-21-10-8-19(9-11-21)24(27)18-5-2-1-3-6-18/h1-3,5-6,8-11,20,22H,4,7,12-17H2/t20-,22-/m1/s1. The first kappa shape index (κ1) is 22.5. The lowest BCUT2D eigenvalue weighted by atomic mass is 10.0. The second kappa shape index (κ2) is 9.83. The van der Waals surface area contributed by atoms with Gasteiger partial charge >= 0.3 is 0 Å². The number of ether oxygens (including phenoxy) is 2. The monoisotopic (exact) mass is 457 g/mol. The Labute approximate surface area is 188 Å². The summed E-state index contributed by atoms with van der Waals surface area (Å²) in [6.45, 7) is 0.850. The number of ketones is 1. The second-order valence-electron chi connectivity index (χ2n) is 8.25. The van der Waals surface area contributed by atoms with E-state index in [0.29, 0.717) is 36.4 Å². The highest BCUT2D eigenvalue weighted by molar-refractivity contribution is 7.91. The normalized spacial score (nSPS) is 21.9. The van der Waals surface area contributed by atoms with Gasteiger partial charge in [0.05, 0.1) is 17.6 Å². The van der Waals surface area contributed by atoms with Gasteiger partial charge in [-0.3, -0.25) is 9.59 Å². The van der Waals surface area contributed by atoms with E-state index in [1.54, 1.807) is 41.3 Å². The van der Waals surface area contributed by atoms with E-state index < -0.39 is 9.84 Å². The smallest absolute Gasteiger partial charge is 0.260 e. The zero-order valence-corrected chi connectivity index (χ0v) is 18.6. The molecule has 0 radical (unpaired) electrons. The maximum absolute atomic E-state index is 13.0. The van der Waals surface area contributed by atoms with Crippen LogP contribution in [0.2, 0.25) is 0 Å². The summed E-state index contributed by atoms with van der Waals surface area (Å²) in [6.07, 6.45) is 2.18. The fourth-order valence-electron chi connectivity index (χ4n) is 4.17. The van der Waals surface area contributed by atoms with E-state index in [9.17, 15) is 18.0 Å². The van der Waals surface area contributed by atoms with Crippen molar-refractivity contribution in [1.82, 2.24) is 4.90 Å². The van der Waals surface area contributed by atoms with Gasteiger partial charge in [-0.15, -0.1) is 0 Å². The highest BCUT2D eigenvalue weighted by atomic mass is 32.2. The first-order valence-electron chi connectivity index (χ1n) is 10.9. The van der Waals surface area contributed by atoms with E-state index in [-0.39, 0.29) is 41.9 Å². The molecule has 0 N–H and O–H groups in total. The van der Waals surface area contributed by atoms with Crippen molar-refractivity contribution < 1.29 is 27.5 Å². The van der Waals surface area contributed by atoms with Gasteiger partial charge < -0.3 is 14.4 Å². The van der Waals surface area contributed by atoms with Crippen LogP contribution in [0.4, 0.5) is 0 Å². The average Bonchev–Trinajstić information content (AvgIpc) is 3.45. The predicted molar refractivity (Wildman–Crippen MR) is 120 cm³/mol. The van der Waals surface area contributed by atoms with Crippen molar-refractivity contribution in [2.75, 3.05) is 31.3 Å². The molecule has 0 spiro atoms. The number of amides is 1. The Hall–Kier alpha value is -2.71. The van der Waals surface area contributed by atoms with E-state index in [2.05, 4.69) is 0 Å². The van der Waals surface area contributed by atoms with Gasteiger partial charge in [-0.2, -0.15) is 0 Å². The lowest BCUT2D eigenvalue weighted by Crippen LogP contribution is -2.47. The Bertz CT molecular complexity index is 1050. The van der Waals surface area contributed by atoms with Crippen LogP contribution in [0.5, 0.6) is 5.75 Å². The van der Waals surface area contributed by atoms with Gasteiger partial charge in [-0.1, -0.05) is 30.3 Å². The zero-order valence-electron chi connectivity index (χ0n) is 17.8. The fraction of sp³-hybridized carbons (Fsp3) is 0.417. The van der Waals surface area contributed by atoms with Gasteiger partial charge in [0.2, 0.25) is 0 Å². The Morgan fingerprint density at radius 3 is 2.34 bits per heavy atom. The molecule has 2 aromatic carbocycles. The largest absolute Gasteiger partial charge is 0.484 e. The van der Waals surface area contributed by atoms with E-state index in [1.807, 2.05) is 18.2 Å². The molecule has 2 fully saturated rings. The van der Waals surface area contributed by atoms with Crippen molar-refractivity contribution >= 4 is 21.5 Å². The number of carbonyl (C=O) groups is 2. The third-order valence-electron chi connectivity index (χ3n) is 5.91. The molecule has 0 saturated carbocycles. The summed E-state index contributed by atoms with van der Waals surface area (Å²) in [5, 5.41) is 0. The Kier molecular flexibility index (Phi) is 6.91. The maximum Gasteiger partial charge on any atom is 0.260 e. The maximum atomic E-state index is 13.0. The topological polar surface area (TPSA) is 90.0 Å². The molecule has 4 rings (SSSR count). The second-order valence-corrected chi connectivity index (χ2v) is 10.5. The number of sulfone groups is 1. The van der Waals surface area contributed by atoms with Gasteiger partial charge in [0.1, 0.15) is 5.75 Å². The zero-order chi connectivity index (χ0) is 22.6. The number of hydrogen-bond acceptors (Lipinski definition) is 6. The lowest BCUT2D eigenvalue weighted by molar-refractivity contribution is -0.137. The summed E-state index contributed by atoms with van der Waals surface area (Å²) < 4.78 is 35.2. The van der Waals surface area contributed by atoms with Crippen LogP contribution < -0.4 is 4.74 Å². The number of nitrogens with zero attached hydrogens (tertiary/aromatic N) is 1. The van der Waals surface area contributed by atoms with Crippen molar-refractivity contribution in [1.29, 1.82) is 0 Å². The number of carbonyl (C=O) groups excluding carboxylic acids is 2. The van der Waals surface area contributed by atoms with Gasteiger partial charge in [-0.25, -0.2) is 8.42 Å². The van der Waals surface area contributed by atoms with Gasteiger partial charge in [0.15, 0.2) is 22.2 Å². The highest BCUT2D eigenvalue weighted by Gasteiger charge is 2.36. The Balaban J connectivity index is 1.38. The van der Waals surface area contributed by atoms with Crippen molar-refractivity contribution in [2.24, 2.45) is 0 Å². The van der Waals surface area contributed by atoms with Gasteiger partial charge in [0.25, 0.3) is 5.91 Å². The van der Waals surface area contributed by atoms with E-state index in [1.165, 1.54) is 0 Å². The quantitative estimate of drug-likeness (QED) is 0.566. The molecule has 170 valence electrons. The minimum absolute atomic E-state index is 0.0121. The SMILES string of the molecule is O=C(c1ccccc1)c1ccc(OCC(=O)N(C[C@H]2CCCO2)[C@@H]2CCS(=O)(=O)C2)cc1. The van der Waals surface area contributed by atoms with Crippen molar-refractivity contribution in [3.63, 3.8) is 0 Å². The Morgan fingerprint density at radius 1 is 1.00 bits per heavy atom. The van der Waals surface area contributed by atoms with Crippen LogP contribution in [-0.2, 0) is 19.4 Å². The third kappa shape index (κ3) is 5.55. The molecule has 1 amide bonds. The third-order valence-corrected chi connectivity index (χ3v) is 7.66. The average molecular weight is 458 g/mol. The summed E-state index contributed by atoms with van der Waals surface area (Å²) in [5.41, 5.74) is 1.14.